The lowest BCUT2D eigenvalue weighted by Gasteiger charge is -2.27. The minimum atomic E-state index is -3.66. The van der Waals surface area contributed by atoms with Gasteiger partial charge >= 0.3 is 10.2 Å². The molecule has 0 bridgehead atoms. The first kappa shape index (κ1) is 14.2. The highest BCUT2D eigenvalue weighted by Crippen LogP contribution is 2.37. The molecule has 1 fully saturated rings. The molecule has 1 saturated heterocycles. The van der Waals surface area contributed by atoms with Crippen molar-refractivity contribution >= 4 is 21.6 Å². The second-order valence-electron chi connectivity index (χ2n) is 4.70. The zero-order valence-electron chi connectivity index (χ0n) is 11.4. The molecule has 116 valence electrons. The van der Waals surface area contributed by atoms with Crippen molar-refractivity contribution in [3.63, 3.8) is 0 Å². The first-order chi connectivity index (χ1) is 10.1. The Bertz CT molecular complexity index is 628. The molecule has 0 amide bonds. The molecule has 0 radical (unpaired) electrons. The number of nitrogens with two attached hydrogens (primary N) is 1. The molecule has 21 heavy (non-hydrogen) atoms. The molecule has 2 heterocycles. The second-order valence-corrected chi connectivity index (χ2v) is 6.37. The van der Waals surface area contributed by atoms with Gasteiger partial charge < -0.3 is 19.9 Å². The summed E-state index contributed by atoms with van der Waals surface area (Å²) in [5.74, 6) is 1.00. The highest BCUT2D eigenvalue weighted by atomic mass is 32.2. The molecule has 0 atom stereocenters. The van der Waals surface area contributed by atoms with Crippen LogP contribution >= 0.6 is 0 Å². The number of anilines is 2. The maximum Gasteiger partial charge on any atom is 0.301 e. The Morgan fingerprint density at radius 3 is 2.33 bits per heavy atom. The Labute approximate surface area is 122 Å². The highest BCUT2D eigenvalue weighted by Gasteiger charge is 2.25. The van der Waals surface area contributed by atoms with E-state index < -0.39 is 10.2 Å². The maximum atomic E-state index is 12.3. The summed E-state index contributed by atoms with van der Waals surface area (Å²) in [6.07, 6.45) is 0. The predicted octanol–water partition coefficient (Wildman–Crippen LogP) is 0.0289. The number of hydrogen-bond acceptors (Lipinski definition) is 6. The molecule has 3 rings (SSSR count). The fourth-order valence-corrected chi connectivity index (χ4v) is 3.40. The van der Waals surface area contributed by atoms with Crippen molar-refractivity contribution in [2.75, 3.05) is 50.0 Å². The van der Waals surface area contributed by atoms with Crippen LogP contribution in [0.2, 0.25) is 0 Å². The van der Waals surface area contributed by atoms with E-state index in [1.807, 2.05) is 0 Å². The molecule has 8 nitrogen and oxygen atoms in total. The molecular weight excluding hydrogens is 298 g/mol. The zero-order chi connectivity index (χ0) is 14.9. The Hall–Kier alpha value is -1.71. The van der Waals surface area contributed by atoms with Gasteiger partial charge in [-0.3, -0.25) is 4.72 Å². The fourth-order valence-electron chi connectivity index (χ4n) is 2.18. The van der Waals surface area contributed by atoms with Crippen LogP contribution in [0.5, 0.6) is 11.5 Å². The van der Waals surface area contributed by atoms with Crippen molar-refractivity contribution in [2.45, 2.75) is 0 Å². The van der Waals surface area contributed by atoms with Crippen molar-refractivity contribution in [3.8, 4) is 11.5 Å². The molecule has 0 unspecified atom stereocenters. The van der Waals surface area contributed by atoms with E-state index in [0.717, 1.165) is 0 Å². The first-order valence-electron chi connectivity index (χ1n) is 6.61. The molecular formula is C12H17N3O5S. The first-order valence-corrected chi connectivity index (χ1v) is 8.05. The van der Waals surface area contributed by atoms with E-state index in [2.05, 4.69) is 4.72 Å². The minimum absolute atomic E-state index is 0.283. The Balaban J connectivity index is 1.83. The van der Waals surface area contributed by atoms with Gasteiger partial charge in [0, 0.05) is 25.2 Å². The van der Waals surface area contributed by atoms with Crippen LogP contribution in [0.15, 0.2) is 12.1 Å². The SMILES string of the molecule is Nc1cc2c(cc1NS(=O)(=O)N1CCOCC1)OCCO2. The number of rotatable bonds is 3. The molecule has 2 aliphatic rings. The van der Waals surface area contributed by atoms with E-state index in [-0.39, 0.29) is 11.4 Å². The molecule has 0 spiro atoms. The van der Waals surface area contributed by atoms with E-state index in [1.165, 1.54) is 4.31 Å². The van der Waals surface area contributed by atoms with Crippen LogP contribution in [0.1, 0.15) is 0 Å². The average Bonchev–Trinajstić information content (AvgIpc) is 2.49. The number of nitrogen functional groups attached to an aromatic ring is 1. The van der Waals surface area contributed by atoms with E-state index in [4.69, 9.17) is 19.9 Å². The lowest BCUT2D eigenvalue weighted by Crippen LogP contribution is -2.43. The Morgan fingerprint density at radius 1 is 1.05 bits per heavy atom. The van der Waals surface area contributed by atoms with Crippen LogP contribution in [-0.4, -0.2) is 52.2 Å². The molecule has 1 aromatic carbocycles. The van der Waals surface area contributed by atoms with Gasteiger partial charge in [0.05, 0.1) is 24.6 Å². The number of nitrogens with zero attached hydrogens (tertiary/aromatic N) is 1. The molecule has 3 N–H and O–H groups in total. The van der Waals surface area contributed by atoms with Crippen LogP contribution in [0.4, 0.5) is 11.4 Å². The van der Waals surface area contributed by atoms with E-state index in [9.17, 15) is 8.42 Å². The summed E-state index contributed by atoms with van der Waals surface area (Å²) in [6, 6.07) is 3.10. The van der Waals surface area contributed by atoms with Gasteiger partial charge in [0.25, 0.3) is 0 Å². The molecule has 9 heteroatoms. The van der Waals surface area contributed by atoms with Crippen molar-refractivity contribution in [1.29, 1.82) is 0 Å². The van der Waals surface area contributed by atoms with E-state index >= 15 is 0 Å². The number of morpholine rings is 1. The quantitative estimate of drug-likeness (QED) is 0.763. The number of hydrogen-bond donors (Lipinski definition) is 2. The molecule has 2 aliphatic heterocycles. The van der Waals surface area contributed by atoms with Gasteiger partial charge in [0.1, 0.15) is 13.2 Å². The van der Waals surface area contributed by atoms with Crippen LogP contribution < -0.4 is 19.9 Å². The van der Waals surface area contributed by atoms with Crippen molar-refractivity contribution in [1.82, 2.24) is 4.31 Å². The standard InChI is InChI=1S/C12H17N3O5S/c13-9-7-11-12(20-6-5-19-11)8-10(9)14-21(16,17)15-1-3-18-4-2-15/h7-8,14H,1-6,13H2. The number of fused-ring (bicyclic) bond motifs is 1. The summed E-state index contributed by atoms with van der Waals surface area (Å²) in [4.78, 5) is 0. The summed E-state index contributed by atoms with van der Waals surface area (Å²) in [7, 11) is -3.66. The molecule has 0 saturated carbocycles. The van der Waals surface area contributed by atoms with E-state index in [0.29, 0.717) is 51.0 Å². The summed E-state index contributed by atoms with van der Waals surface area (Å²) < 4.78 is 44.4. The Kier molecular flexibility index (Phi) is 3.79. The Morgan fingerprint density at radius 2 is 1.67 bits per heavy atom. The topological polar surface area (TPSA) is 103 Å². The normalized spacial score (nSPS) is 19.2. The van der Waals surface area contributed by atoms with Gasteiger partial charge in [-0.15, -0.1) is 0 Å². The third kappa shape index (κ3) is 2.99. The highest BCUT2D eigenvalue weighted by molar-refractivity contribution is 7.90. The molecule has 0 aliphatic carbocycles. The molecule has 0 aromatic heterocycles. The summed E-state index contributed by atoms with van der Waals surface area (Å²) in [6.45, 7) is 2.28. The van der Waals surface area contributed by atoms with Crippen molar-refractivity contribution in [3.05, 3.63) is 12.1 Å². The van der Waals surface area contributed by atoms with Crippen LogP contribution in [-0.2, 0) is 14.9 Å². The second kappa shape index (κ2) is 5.58. The van der Waals surface area contributed by atoms with E-state index in [1.54, 1.807) is 12.1 Å². The number of nitrogens with one attached hydrogen (secondary N) is 1. The summed E-state index contributed by atoms with van der Waals surface area (Å²) in [5, 5.41) is 0. The minimum Gasteiger partial charge on any atom is -0.486 e. The number of benzene rings is 1. The maximum absolute atomic E-state index is 12.3. The van der Waals surface area contributed by atoms with Crippen LogP contribution in [0.25, 0.3) is 0 Å². The third-order valence-corrected chi connectivity index (χ3v) is 4.79. The lowest BCUT2D eigenvalue weighted by molar-refractivity contribution is 0.0733. The smallest absolute Gasteiger partial charge is 0.301 e. The summed E-state index contributed by atoms with van der Waals surface area (Å²) >= 11 is 0. The van der Waals surface area contributed by atoms with Gasteiger partial charge in [0.2, 0.25) is 0 Å². The average molecular weight is 315 g/mol. The van der Waals surface area contributed by atoms with Crippen molar-refractivity contribution < 1.29 is 22.6 Å². The van der Waals surface area contributed by atoms with Crippen LogP contribution in [0, 0.1) is 0 Å². The monoisotopic (exact) mass is 315 g/mol. The fraction of sp³-hybridized carbons (Fsp3) is 0.500. The lowest BCUT2D eigenvalue weighted by atomic mass is 10.2. The van der Waals surface area contributed by atoms with Gasteiger partial charge in [0.15, 0.2) is 11.5 Å². The summed E-state index contributed by atoms with van der Waals surface area (Å²) in [5.41, 5.74) is 6.45. The van der Waals surface area contributed by atoms with Gasteiger partial charge in [-0.25, -0.2) is 0 Å². The predicted molar refractivity (Wildman–Crippen MR) is 76.8 cm³/mol. The number of ether oxygens (including phenoxy) is 3. The zero-order valence-corrected chi connectivity index (χ0v) is 12.2. The van der Waals surface area contributed by atoms with Crippen molar-refractivity contribution in [2.24, 2.45) is 0 Å². The van der Waals surface area contributed by atoms with Crippen LogP contribution in [0.3, 0.4) is 0 Å². The van der Waals surface area contributed by atoms with Gasteiger partial charge in [-0.05, 0) is 0 Å². The molecule has 1 aromatic rings. The van der Waals surface area contributed by atoms with Gasteiger partial charge in [-0.2, -0.15) is 12.7 Å². The largest absolute Gasteiger partial charge is 0.486 e. The third-order valence-electron chi connectivity index (χ3n) is 3.26. The van der Waals surface area contributed by atoms with Gasteiger partial charge in [-0.1, -0.05) is 0 Å².